The number of thiophene rings is 1. The van der Waals surface area contributed by atoms with Gasteiger partial charge in [0.2, 0.25) is 0 Å². The van der Waals surface area contributed by atoms with Gasteiger partial charge in [-0.25, -0.2) is 0 Å². The molecular weight excluding hydrogens is 444 g/mol. The zero-order chi connectivity index (χ0) is 24.7. The number of aromatic nitrogens is 1. The van der Waals surface area contributed by atoms with E-state index in [0.29, 0.717) is 18.5 Å². The molecule has 34 heavy (non-hydrogen) atoms. The van der Waals surface area contributed by atoms with Crippen LogP contribution in [0.1, 0.15) is 33.5 Å². The topological polar surface area (TPSA) is 136 Å². The van der Waals surface area contributed by atoms with Crippen molar-refractivity contribution in [3.05, 3.63) is 81.5 Å². The van der Waals surface area contributed by atoms with Gasteiger partial charge in [-0.15, -0.1) is 0 Å². The summed E-state index contributed by atoms with van der Waals surface area (Å²) >= 11 is 1.67. The lowest BCUT2D eigenvalue weighted by molar-refractivity contribution is 0.0963. The fourth-order valence-corrected chi connectivity index (χ4v) is 4.82. The Bertz CT molecular complexity index is 1260. The monoisotopic (exact) mass is 476 g/mol. The van der Waals surface area contributed by atoms with E-state index in [1.807, 2.05) is 18.2 Å². The summed E-state index contributed by atoms with van der Waals surface area (Å²) in [7, 11) is 1.65. The highest BCUT2D eigenvalue weighted by atomic mass is 32.1. The van der Waals surface area contributed by atoms with Crippen molar-refractivity contribution < 1.29 is 4.79 Å². The molecule has 2 aromatic carbocycles. The number of carbonyl (C=O) groups is 1. The number of nitrogens with one attached hydrogen (secondary N) is 2. The third-order valence-electron chi connectivity index (χ3n) is 5.84. The van der Waals surface area contributed by atoms with Crippen molar-refractivity contribution in [3.63, 3.8) is 0 Å². The Kier molecular flexibility index (Phi) is 8.59. The number of hydrogen-bond acceptors (Lipinski definition) is 5. The second-order valence-corrected chi connectivity index (χ2v) is 8.84. The number of carbonyl (C=O) groups excluding carboxylic acids is 1. The van der Waals surface area contributed by atoms with Gasteiger partial charge in [0.05, 0.1) is 11.5 Å². The van der Waals surface area contributed by atoms with Gasteiger partial charge in [-0.2, -0.15) is 11.3 Å². The molecular formula is C26H32N6OS. The number of nitrogens with two attached hydrogens (primary N) is 3. The summed E-state index contributed by atoms with van der Waals surface area (Å²) in [5.74, 6) is 8.08. The quantitative estimate of drug-likeness (QED) is 0.114. The lowest BCUT2D eigenvalue weighted by Gasteiger charge is -2.11. The van der Waals surface area contributed by atoms with Gasteiger partial charge < -0.3 is 15.6 Å². The van der Waals surface area contributed by atoms with Gasteiger partial charge in [0.1, 0.15) is 0 Å². The van der Waals surface area contributed by atoms with E-state index in [1.54, 1.807) is 18.4 Å². The highest BCUT2D eigenvalue weighted by Gasteiger charge is 2.20. The Morgan fingerprint density at radius 1 is 1.09 bits per heavy atom. The SMILES string of the molecule is CNC(=O)c1ccc2c(c1)c(CCc1ccc(C)cc1)c(-c1ccsc1)n2CCC(=N)N.NN. The molecule has 0 saturated heterocycles. The van der Waals surface area contributed by atoms with Crippen molar-refractivity contribution in [1.82, 2.24) is 9.88 Å². The van der Waals surface area contributed by atoms with E-state index in [9.17, 15) is 4.79 Å². The molecule has 0 radical (unpaired) electrons. The van der Waals surface area contributed by atoms with Crippen LogP contribution in [0.3, 0.4) is 0 Å². The molecule has 2 heterocycles. The Labute approximate surface area is 204 Å². The first-order chi connectivity index (χ1) is 16.5. The molecule has 0 saturated carbocycles. The molecule has 0 spiro atoms. The molecule has 0 bridgehead atoms. The molecule has 1 amide bonds. The standard InChI is InChI=1S/C26H28N4OS.H4N2/c1-17-3-5-18(6-4-17)7-9-21-22-15-19(26(31)29-2)8-10-23(22)30(13-11-24(27)28)25(21)20-12-14-32-16-20;1-2/h3-6,8,10,12,14-16H,7,9,11,13H2,1-2H3,(H3,27,28)(H,29,31);1-2H2. The molecule has 7 nitrogen and oxygen atoms in total. The average Bonchev–Trinajstić information content (AvgIpc) is 3.49. The van der Waals surface area contributed by atoms with Crippen LogP contribution in [0.5, 0.6) is 0 Å². The number of amidine groups is 1. The van der Waals surface area contributed by atoms with Crippen LogP contribution in [-0.2, 0) is 19.4 Å². The van der Waals surface area contributed by atoms with Gasteiger partial charge in [0.15, 0.2) is 0 Å². The maximum absolute atomic E-state index is 12.4. The maximum atomic E-state index is 12.4. The first-order valence-electron chi connectivity index (χ1n) is 11.1. The summed E-state index contributed by atoms with van der Waals surface area (Å²) in [5, 5.41) is 15.8. The summed E-state index contributed by atoms with van der Waals surface area (Å²) in [4.78, 5) is 12.4. The van der Waals surface area contributed by atoms with E-state index in [4.69, 9.17) is 11.1 Å². The van der Waals surface area contributed by atoms with Crippen molar-refractivity contribution >= 4 is 34.0 Å². The van der Waals surface area contributed by atoms with Crippen LogP contribution in [-0.4, -0.2) is 23.4 Å². The van der Waals surface area contributed by atoms with Gasteiger partial charge in [-0.3, -0.25) is 21.9 Å². The smallest absolute Gasteiger partial charge is 0.251 e. The third-order valence-corrected chi connectivity index (χ3v) is 6.52. The molecule has 4 rings (SSSR count). The second-order valence-electron chi connectivity index (χ2n) is 8.06. The molecule has 0 aliphatic carbocycles. The van der Waals surface area contributed by atoms with Crippen molar-refractivity contribution in [2.75, 3.05) is 7.05 Å². The number of nitrogens with zero attached hydrogens (tertiary/aromatic N) is 1. The summed E-state index contributed by atoms with van der Waals surface area (Å²) in [5.41, 5.74) is 13.5. The van der Waals surface area contributed by atoms with Gasteiger partial charge >= 0.3 is 0 Å². The maximum Gasteiger partial charge on any atom is 0.251 e. The summed E-state index contributed by atoms with van der Waals surface area (Å²) < 4.78 is 2.26. The first kappa shape index (κ1) is 25.2. The van der Waals surface area contributed by atoms with Crippen LogP contribution < -0.4 is 22.7 Å². The van der Waals surface area contributed by atoms with Crippen LogP contribution in [0.4, 0.5) is 0 Å². The lowest BCUT2D eigenvalue weighted by atomic mass is 9.98. The molecule has 0 aliphatic rings. The Morgan fingerprint density at radius 3 is 2.44 bits per heavy atom. The zero-order valence-corrected chi connectivity index (χ0v) is 20.4. The molecule has 8 N–H and O–H groups in total. The lowest BCUT2D eigenvalue weighted by Crippen LogP contribution is -2.17. The van der Waals surface area contributed by atoms with Crippen molar-refractivity contribution in [3.8, 4) is 11.3 Å². The minimum absolute atomic E-state index is 0.0926. The summed E-state index contributed by atoms with van der Waals surface area (Å²) in [6.07, 6.45) is 2.25. The number of aryl methyl sites for hydroxylation is 4. The van der Waals surface area contributed by atoms with E-state index >= 15 is 0 Å². The Morgan fingerprint density at radius 2 is 1.82 bits per heavy atom. The third kappa shape index (κ3) is 5.53. The number of hydrogen-bond donors (Lipinski definition) is 5. The van der Waals surface area contributed by atoms with Crippen LogP contribution >= 0.6 is 11.3 Å². The van der Waals surface area contributed by atoms with E-state index in [2.05, 4.69) is 69.6 Å². The molecule has 178 valence electrons. The number of rotatable bonds is 8. The van der Waals surface area contributed by atoms with E-state index in [1.165, 1.54) is 16.7 Å². The highest BCUT2D eigenvalue weighted by molar-refractivity contribution is 7.08. The van der Waals surface area contributed by atoms with Gasteiger partial charge in [-0.1, -0.05) is 29.8 Å². The minimum atomic E-state index is -0.0926. The predicted molar refractivity (Wildman–Crippen MR) is 142 cm³/mol. The average molecular weight is 477 g/mol. The van der Waals surface area contributed by atoms with Crippen LogP contribution in [0, 0.1) is 12.3 Å². The molecule has 0 aliphatic heterocycles. The molecule has 0 unspecified atom stereocenters. The highest BCUT2D eigenvalue weighted by Crippen LogP contribution is 2.36. The van der Waals surface area contributed by atoms with Crippen LogP contribution in [0.2, 0.25) is 0 Å². The fourth-order valence-electron chi connectivity index (χ4n) is 4.18. The minimum Gasteiger partial charge on any atom is -0.388 e. The van der Waals surface area contributed by atoms with Gasteiger partial charge in [0.25, 0.3) is 5.91 Å². The number of benzene rings is 2. The summed E-state index contributed by atoms with van der Waals surface area (Å²) in [6, 6.07) is 16.7. The van der Waals surface area contributed by atoms with E-state index < -0.39 is 0 Å². The van der Waals surface area contributed by atoms with Crippen molar-refractivity contribution in [2.45, 2.75) is 32.7 Å². The number of fused-ring (bicyclic) bond motifs is 1. The normalized spacial score (nSPS) is 10.6. The van der Waals surface area contributed by atoms with E-state index in [-0.39, 0.29) is 11.7 Å². The largest absolute Gasteiger partial charge is 0.388 e. The predicted octanol–water partition coefficient (Wildman–Crippen LogP) is 3.97. The zero-order valence-electron chi connectivity index (χ0n) is 19.6. The van der Waals surface area contributed by atoms with Crippen molar-refractivity contribution in [2.24, 2.45) is 17.4 Å². The second kappa shape index (κ2) is 11.6. The molecule has 0 fully saturated rings. The molecule has 0 atom stereocenters. The van der Waals surface area contributed by atoms with Crippen LogP contribution in [0.15, 0.2) is 59.3 Å². The molecule has 4 aromatic rings. The number of amides is 1. The Balaban J connectivity index is 0.00000158. The first-order valence-corrected chi connectivity index (χ1v) is 12.0. The van der Waals surface area contributed by atoms with Crippen LogP contribution in [0.25, 0.3) is 22.2 Å². The molecule has 2 aromatic heterocycles. The Hall–Kier alpha value is -3.46. The van der Waals surface area contributed by atoms with E-state index in [0.717, 1.165) is 35.0 Å². The summed E-state index contributed by atoms with van der Waals surface area (Å²) in [6.45, 7) is 2.72. The van der Waals surface area contributed by atoms with Gasteiger partial charge in [-0.05, 0) is 60.5 Å². The van der Waals surface area contributed by atoms with Crippen molar-refractivity contribution in [1.29, 1.82) is 5.41 Å². The fraction of sp³-hybridized carbons (Fsp3) is 0.231. The number of hydrazine groups is 1. The molecule has 8 heteroatoms. The van der Waals surface area contributed by atoms with Gasteiger partial charge in [0, 0.05) is 47.4 Å².